The second kappa shape index (κ2) is 4.56. The molecule has 0 N–H and O–H groups in total. The Labute approximate surface area is 126 Å². The first-order valence-electron chi connectivity index (χ1n) is 7.06. The molecule has 22 heavy (non-hydrogen) atoms. The van der Waals surface area contributed by atoms with Gasteiger partial charge in [0.1, 0.15) is 5.65 Å². The summed E-state index contributed by atoms with van der Waals surface area (Å²) in [7, 11) is 3.38. The minimum Gasteiger partial charge on any atom is -0.465 e. The zero-order valence-electron chi connectivity index (χ0n) is 12.3. The van der Waals surface area contributed by atoms with Crippen LogP contribution >= 0.6 is 0 Å². The average Bonchev–Trinajstić information content (AvgIpc) is 2.84. The molecule has 108 valence electrons. The molecule has 4 rings (SSSR count). The van der Waals surface area contributed by atoms with E-state index < -0.39 is 0 Å². The van der Waals surface area contributed by atoms with Gasteiger partial charge in [-0.2, -0.15) is 0 Å². The molecule has 0 radical (unpaired) electrons. The van der Waals surface area contributed by atoms with Crippen molar-refractivity contribution in [2.75, 3.05) is 7.11 Å². The molecule has 0 atom stereocenters. The SMILES string of the molecule is COC(=O)c1cccc2cc3c4ccccc4n(C)c3nc12. The van der Waals surface area contributed by atoms with E-state index in [1.807, 2.05) is 31.3 Å². The Morgan fingerprint density at radius 3 is 2.73 bits per heavy atom. The Morgan fingerprint density at radius 2 is 1.91 bits per heavy atom. The van der Waals surface area contributed by atoms with Crippen molar-refractivity contribution in [2.24, 2.45) is 7.05 Å². The predicted molar refractivity (Wildman–Crippen MR) is 87.1 cm³/mol. The number of nitrogens with zero attached hydrogens (tertiary/aromatic N) is 2. The maximum absolute atomic E-state index is 12.0. The van der Waals surface area contributed by atoms with Gasteiger partial charge in [0.05, 0.1) is 23.7 Å². The van der Waals surface area contributed by atoms with Crippen LogP contribution in [0.15, 0.2) is 48.5 Å². The molecular weight excluding hydrogens is 276 g/mol. The molecule has 0 aliphatic carbocycles. The number of carbonyl (C=O) groups excluding carboxylic acids is 1. The van der Waals surface area contributed by atoms with Crippen LogP contribution in [0.2, 0.25) is 0 Å². The minimum atomic E-state index is -0.365. The Bertz CT molecular complexity index is 1050. The van der Waals surface area contributed by atoms with Crippen LogP contribution in [0.5, 0.6) is 0 Å². The number of fused-ring (bicyclic) bond motifs is 4. The van der Waals surface area contributed by atoms with E-state index in [9.17, 15) is 4.79 Å². The van der Waals surface area contributed by atoms with Gasteiger partial charge in [-0.05, 0) is 18.2 Å². The number of hydrogen-bond acceptors (Lipinski definition) is 3. The highest BCUT2D eigenvalue weighted by atomic mass is 16.5. The maximum atomic E-state index is 12.0. The number of ether oxygens (including phenoxy) is 1. The van der Waals surface area contributed by atoms with Crippen molar-refractivity contribution in [1.29, 1.82) is 0 Å². The zero-order chi connectivity index (χ0) is 15.3. The molecule has 0 aliphatic heterocycles. The van der Waals surface area contributed by atoms with Crippen molar-refractivity contribution in [2.45, 2.75) is 0 Å². The van der Waals surface area contributed by atoms with Crippen LogP contribution in [0, 0.1) is 0 Å². The molecule has 4 nitrogen and oxygen atoms in total. The highest BCUT2D eigenvalue weighted by molar-refractivity contribution is 6.12. The molecule has 0 bridgehead atoms. The van der Waals surface area contributed by atoms with Crippen LogP contribution < -0.4 is 0 Å². The third-order valence-corrected chi connectivity index (χ3v) is 4.10. The van der Waals surface area contributed by atoms with Gasteiger partial charge in [0.2, 0.25) is 0 Å². The number of hydrogen-bond donors (Lipinski definition) is 0. The van der Waals surface area contributed by atoms with Crippen molar-refractivity contribution in [3.05, 3.63) is 54.1 Å². The number of carbonyl (C=O) groups is 1. The van der Waals surface area contributed by atoms with Gasteiger partial charge in [0.15, 0.2) is 0 Å². The molecule has 0 saturated carbocycles. The Kier molecular flexibility index (Phi) is 2.66. The summed E-state index contributed by atoms with van der Waals surface area (Å²) in [4.78, 5) is 16.7. The van der Waals surface area contributed by atoms with Gasteiger partial charge in [-0.25, -0.2) is 9.78 Å². The van der Waals surface area contributed by atoms with Gasteiger partial charge in [-0.15, -0.1) is 0 Å². The van der Waals surface area contributed by atoms with Crippen LogP contribution in [0.3, 0.4) is 0 Å². The lowest BCUT2D eigenvalue weighted by atomic mass is 10.1. The van der Waals surface area contributed by atoms with Gasteiger partial charge in [0.25, 0.3) is 0 Å². The molecule has 2 aromatic heterocycles. The topological polar surface area (TPSA) is 44.1 Å². The number of esters is 1. The van der Waals surface area contributed by atoms with Gasteiger partial charge in [-0.3, -0.25) is 0 Å². The highest BCUT2D eigenvalue weighted by Gasteiger charge is 2.15. The number of benzene rings is 2. The van der Waals surface area contributed by atoms with Crippen LogP contribution in [0.25, 0.3) is 32.8 Å². The smallest absolute Gasteiger partial charge is 0.340 e. The number of pyridine rings is 1. The van der Waals surface area contributed by atoms with Crippen molar-refractivity contribution >= 4 is 38.8 Å². The molecule has 4 heteroatoms. The number of aryl methyl sites for hydroxylation is 1. The largest absolute Gasteiger partial charge is 0.465 e. The van der Waals surface area contributed by atoms with Crippen LogP contribution in [0.4, 0.5) is 0 Å². The monoisotopic (exact) mass is 290 g/mol. The van der Waals surface area contributed by atoms with E-state index in [4.69, 9.17) is 9.72 Å². The summed E-state index contributed by atoms with van der Waals surface area (Å²) in [5, 5.41) is 3.19. The fourth-order valence-electron chi connectivity index (χ4n) is 3.03. The quantitative estimate of drug-likeness (QED) is 0.502. The molecule has 0 unspecified atom stereocenters. The first-order chi connectivity index (χ1) is 10.7. The van der Waals surface area contributed by atoms with E-state index in [1.54, 1.807) is 6.07 Å². The summed E-state index contributed by atoms with van der Waals surface area (Å²) in [6, 6.07) is 15.9. The second-order valence-electron chi connectivity index (χ2n) is 5.30. The molecule has 2 aromatic carbocycles. The van der Waals surface area contributed by atoms with Crippen LogP contribution in [-0.4, -0.2) is 22.6 Å². The molecule has 0 spiro atoms. The number of rotatable bonds is 1. The first kappa shape index (κ1) is 12.8. The van der Waals surface area contributed by atoms with E-state index in [2.05, 4.69) is 22.8 Å². The Morgan fingerprint density at radius 1 is 1.09 bits per heavy atom. The van der Waals surface area contributed by atoms with Crippen molar-refractivity contribution in [3.8, 4) is 0 Å². The zero-order valence-corrected chi connectivity index (χ0v) is 12.3. The van der Waals surface area contributed by atoms with Gasteiger partial charge >= 0.3 is 5.97 Å². The van der Waals surface area contributed by atoms with Gasteiger partial charge < -0.3 is 9.30 Å². The summed E-state index contributed by atoms with van der Waals surface area (Å²) in [6.45, 7) is 0. The first-order valence-corrected chi connectivity index (χ1v) is 7.06. The molecule has 2 heterocycles. The molecule has 0 amide bonds. The lowest BCUT2D eigenvalue weighted by molar-refractivity contribution is 0.0603. The van der Waals surface area contributed by atoms with E-state index in [0.29, 0.717) is 11.1 Å². The summed E-state index contributed by atoms with van der Waals surface area (Å²) >= 11 is 0. The van der Waals surface area contributed by atoms with Crippen molar-refractivity contribution < 1.29 is 9.53 Å². The fourth-order valence-corrected chi connectivity index (χ4v) is 3.03. The lowest BCUT2D eigenvalue weighted by Gasteiger charge is -2.05. The predicted octanol–water partition coefficient (Wildman–Crippen LogP) is 3.67. The molecule has 0 aliphatic rings. The Hall–Kier alpha value is -2.88. The average molecular weight is 290 g/mol. The fraction of sp³-hybridized carbons (Fsp3) is 0.111. The standard InChI is InChI=1S/C18H14N2O2/c1-20-15-9-4-3-7-12(15)14-10-11-6-5-8-13(18(21)22-2)16(11)19-17(14)20/h3-10H,1-2H3. The van der Waals surface area contributed by atoms with Crippen LogP contribution in [0.1, 0.15) is 10.4 Å². The molecular formula is C18H14N2O2. The molecule has 4 aromatic rings. The summed E-state index contributed by atoms with van der Waals surface area (Å²) in [5.74, 6) is -0.365. The summed E-state index contributed by atoms with van der Waals surface area (Å²) in [6.07, 6.45) is 0. The highest BCUT2D eigenvalue weighted by Crippen LogP contribution is 2.30. The lowest BCUT2D eigenvalue weighted by Crippen LogP contribution is -2.03. The maximum Gasteiger partial charge on any atom is 0.340 e. The molecule has 0 fully saturated rings. The van der Waals surface area contributed by atoms with E-state index >= 15 is 0 Å². The minimum absolute atomic E-state index is 0.365. The number of aromatic nitrogens is 2. The van der Waals surface area contributed by atoms with Crippen molar-refractivity contribution in [1.82, 2.24) is 9.55 Å². The number of methoxy groups -OCH3 is 1. The van der Waals surface area contributed by atoms with Crippen LogP contribution in [-0.2, 0) is 11.8 Å². The van der Waals surface area contributed by atoms with Gasteiger partial charge in [-0.1, -0.05) is 30.3 Å². The Balaban J connectivity index is 2.19. The van der Waals surface area contributed by atoms with Crippen molar-refractivity contribution in [3.63, 3.8) is 0 Å². The number of para-hydroxylation sites is 2. The molecule has 0 saturated heterocycles. The summed E-state index contributed by atoms with van der Waals surface area (Å²) < 4.78 is 6.91. The van der Waals surface area contributed by atoms with E-state index in [1.165, 1.54) is 7.11 Å². The second-order valence-corrected chi connectivity index (χ2v) is 5.30. The third-order valence-electron chi connectivity index (χ3n) is 4.10. The van der Waals surface area contributed by atoms with Gasteiger partial charge in [0, 0.05) is 23.2 Å². The third kappa shape index (κ3) is 1.64. The van der Waals surface area contributed by atoms with E-state index in [0.717, 1.165) is 27.3 Å². The summed E-state index contributed by atoms with van der Waals surface area (Å²) in [5.41, 5.74) is 3.16. The normalized spacial score (nSPS) is 11.4. The van der Waals surface area contributed by atoms with E-state index in [-0.39, 0.29) is 5.97 Å².